The third-order valence-corrected chi connectivity index (χ3v) is 4.88. The lowest BCUT2D eigenvalue weighted by Crippen LogP contribution is -2.40. The molecule has 24 heavy (non-hydrogen) atoms. The Morgan fingerprint density at radius 1 is 1.29 bits per heavy atom. The molecule has 3 rings (SSSR count). The van der Waals surface area contributed by atoms with E-state index in [1.807, 2.05) is 48.3 Å². The first-order valence-electron chi connectivity index (χ1n) is 8.34. The Labute approximate surface area is 151 Å². The van der Waals surface area contributed by atoms with Crippen LogP contribution in [0.1, 0.15) is 25.5 Å². The molecule has 1 heterocycles. The number of hydrogen-bond donors (Lipinski definition) is 1. The number of furan rings is 1. The summed E-state index contributed by atoms with van der Waals surface area (Å²) in [6, 6.07) is 12.3. The third kappa shape index (κ3) is 4.71. The van der Waals surface area contributed by atoms with Crippen LogP contribution in [0.2, 0.25) is 0 Å². The van der Waals surface area contributed by atoms with Gasteiger partial charge in [0, 0.05) is 16.1 Å². The molecular formula is C19H23BrN2O2. The van der Waals surface area contributed by atoms with Crippen LogP contribution in [0.4, 0.5) is 0 Å². The molecule has 1 aromatic carbocycles. The van der Waals surface area contributed by atoms with Crippen molar-refractivity contribution in [3.63, 3.8) is 0 Å². The van der Waals surface area contributed by atoms with Crippen molar-refractivity contribution in [2.45, 2.75) is 32.4 Å². The highest BCUT2D eigenvalue weighted by atomic mass is 79.9. The topological polar surface area (TPSA) is 45.5 Å². The third-order valence-electron chi connectivity index (χ3n) is 4.35. The van der Waals surface area contributed by atoms with Crippen molar-refractivity contribution in [2.75, 3.05) is 13.6 Å². The molecule has 2 aromatic rings. The molecule has 1 aliphatic rings. The SMILES string of the molecule is C[C@@H](NC(=O)CN(C)Cc1ccc(-c2ccc(Br)cc2)o1)C1CC1. The van der Waals surface area contributed by atoms with E-state index < -0.39 is 0 Å². The summed E-state index contributed by atoms with van der Waals surface area (Å²) in [5.41, 5.74) is 1.04. The van der Waals surface area contributed by atoms with Crippen LogP contribution in [0.3, 0.4) is 0 Å². The van der Waals surface area contributed by atoms with Gasteiger partial charge in [-0.25, -0.2) is 0 Å². The van der Waals surface area contributed by atoms with E-state index in [9.17, 15) is 4.79 Å². The summed E-state index contributed by atoms with van der Waals surface area (Å²) in [5, 5.41) is 3.08. The predicted octanol–water partition coefficient (Wildman–Crippen LogP) is 4.06. The smallest absolute Gasteiger partial charge is 0.234 e. The first-order valence-corrected chi connectivity index (χ1v) is 9.13. The van der Waals surface area contributed by atoms with Gasteiger partial charge in [-0.2, -0.15) is 0 Å². The van der Waals surface area contributed by atoms with E-state index in [4.69, 9.17) is 4.42 Å². The van der Waals surface area contributed by atoms with Gasteiger partial charge in [0.2, 0.25) is 5.91 Å². The second kappa shape index (κ2) is 7.53. The number of carbonyl (C=O) groups excluding carboxylic acids is 1. The fraction of sp³-hybridized carbons (Fsp3) is 0.421. The molecule has 1 aromatic heterocycles. The second-order valence-electron chi connectivity index (χ2n) is 6.64. The molecular weight excluding hydrogens is 368 g/mol. The molecule has 4 nitrogen and oxygen atoms in total. The molecule has 0 unspecified atom stereocenters. The molecule has 1 atom stereocenters. The van der Waals surface area contributed by atoms with Gasteiger partial charge in [0.25, 0.3) is 0 Å². The molecule has 1 N–H and O–H groups in total. The van der Waals surface area contributed by atoms with E-state index >= 15 is 0 Å². The number of nitrogens with zero attached hydrogens (tertiary/aromatic N) is 1. The first kappa shape index (κ1) is 17.2. The van der Waals surface area contributed by atoms with Crippen LogP contribution < -0.4 is 5.32 Å². The number of carbonyl (C=O) groups is 1. The van der Waals surface area contributed by atoms with E-state index in [-0.39, 0.29) is 5.91 Å². The van der Waals surface area contributed by atoms with Crippen LogP contribution in [0.25, 0.3) is 11.3 Å². The Bertz CT molecular complexity index is 692. The summed E-state index contributed by atoms with van der Waals surface area (Å²) >= 11 is 3.43. The maximum atomic E-state index is 12.1. The number of nitrogens with one attached hydrogen (secondary N) is 1. The summed E-state index contributed by atoms with van der Waals surface area (Å²) < 4.78 is 6.95. The Kier molecular flexibility index (Phi) is 5.41. The number of rotatable bonds is 7. The van der Waals surface area contributed by atoms with Gasteiger partial charge in [-0.3, -0.25) is 9.69 Å². The molecule has 0 spiro atoms. The average molecular weight is 391 g/mol. The van der Waals surface area contributed by atoms with Gasteiger partial charge in [-0.15, -0.1) is 0 Å². The highest BCUT2D eigenvalue weighted by molar-refractivity contribution is 9.10. The zero-order valence-corrected chi connectivity index (χ0v) is 15.7. The minimum atomic E-state index is 0.0802. The number of amides is 1. The van der Waals surface area contributed by atoms with Crippen LogP contribution in [-0.2, 0) is 11.3 Å². The van der Waals surface area contributed by atoms with Crippen molar-refractivity contribution in [3.05, 3.63) is 46.6 Å². The van der Waals surface area contributed by atoms with Crippen LogP contribution >= 0.6 is 15.9 Å². The highest BCUT2D eigenvalue weighted by Crippen LogP contribution is 2.32. The van der Waals surface area contributed by atoms with Gasteiger partial charge in [0.1, 0.15) is 11.5 Å². The number of halogens is 1. The van der Waals surface area contributed by atoms with E-state index in [0.717, 1.165) is 21.6 Å². The number of likely N-dealkylation sites (N-methyl/N-ethyl adjacent to an activating group) is 1. The fourth-order valence-corrected chi connectivity index (χ4v) is 3.08. The summed E-state index contributed by atoms with van der Waals surface area (Å²) in [7, 11) is 1.93. The van der Waals surface area contributed by atoms with Crippen molar-refractivity contribution in [2.24, 2.45) is 5.92 Å². The van der Waals surface area contributed by atoms with Crippen LogP contribution in [-0.4, -0.2) is 30.4 Å². The summed E-state index contributed by atoms with van der Waals surface area (Å²) in [6.45, 7) is 3.08. The molecule has 1 amide bonds. The lowest BCUT2D eigenvalue weighted by atomic mass is 10.2. The summed E-state index contributed by atoms with van der Waals surface area (Å²) in [5.74, 6) is 2.46. The van der Waals surface area contributed by atoms with Crippen LogP contribution in [0.15, 0.2) is 45.3 Å². The van der Waals surface area contributed by atoms with Crippen molar-refractivity contribution < 1.29 is 9.21 Å². The Morgan fingerprint density at radius 2 is 2.00 bits per heavy atom. The fourth-order valence-electron chi connectivity index (χ4n) is 2.81. The van der Waals surface area contributed by atoms with Gasteiger partial charge < -0.3 is 9.73 Å². The predicted molar refractivity (Wildman–Crippen MR) is 98.5 cm³/mol. The van der Waals surface area contributed by atoms with Gasteiger partial charge >= 0.3 is 0 Å². The lowest BCUT2D eigenvalue weighted by Gasteiger charge is -2.17. The molecule has 128 valence electrons. The van der Waals surface area contributed by atoms with Crippen molar-refractivity contribution in [1.82, 2.24) is 10.2 Å². The Morgan fingerprint density at radius 3 is 2.67 bits per heavy atom. The first-order chi connectivity index (χ1) is 11.5. The van der Waals surface area contributed by atoms with Gasteiger partial charge in [0.05, 0.1) is 13.1 Å². The lowest BCUT2D eigenvalue weighted by molar-refractivity contribution is -0.122. The standard InChI is InChI=1S/C19H23BrN2O2/c1-13(14-3-4-14)21-19(23)12-22(2)11-17-9-10-18(24-17)15-5-7-16(20)8-6-15/h5-10,13-14H,3-4,11-12H2,1-2H3,(H,21,23)/t13-/m1/s1. The number of benzene rings is 1. The zero-order valence-electron chi connectivity index (χ0n) is 14.1. The van der Waals surface area contributed by atoms with Crippen molar-refractivity contribution >= 4 is 21.8 Å². The highest BCUT2D eigenvalue weighted by Gasteiger charge is 2.28. The van der Waals surface area contributed by atoms with E-state index in [1.54, 1.807) is 0 Å². The molecule has 0 aliphatic heterocycles. The molecule has 0 radical (unpaired) electrons. The largest absolute Gasteiger partial charge is 0.460 e. The maximum Gasteiger partial charge on any atom is 0.234 e. The van der Waals surface area contributed by atoms with Crippen LogP contribution in [0.5, 0.6) is 0 Å². The number of hydrogen-bond acceptors (Lipinski definition) is 3. The Balaban J connectivity index is 1.52. The molecule has 5 heteroatoms. The van der Waals surface area contributed by atoms with E-state index in [1.165, 1.54) is 12.8 Å². The van der Waals surface area contributed by atoms with Crippen molar-refractivity contribution in [1.29, 1.82) is 0 Å². The molecule has 0 saturated heterocycles. The van der Waals surface area contributed by atoms with Gasteiger partial charge in [-0.05, 0) is 57.0 Å². The average Bonchev–Trinajstić information content (AvgIpc) is 3.28. The summed E-state index contributed by atoms with van der Waals surface area (Å²) in [6.07, 6.45) is 2.48. The maximum absolute atomic E-state index is 12.1. The minimum absolute atomic E-state index is 0.0802. The second-order valence-corrected chi connectivity index (χ2v) is 7.55. The zero-order chi connectivity index (χ0) is 17.1. The van der Waals surface area contributed by atoms with Crippen molar-refractivity contribution in [3.8, 4) is 11.3 Å². The normalized spacial score (nSPS) is 15.5. The Hall–Kier alpha value is -1.59. The van der Waals surface area contributed by atoms with Gasteiger partial charge in [-0.1, -0.05) is 28.1 Å². The van der Waals surface area contributed by atoms with Gasteiger partial charge in [0.15, 0.2) is 0 Å². The van der Waals surface area contributed by atoms with Crippen LogP contribution in [0, 0.1) is 5.92 Å². The molecule has 1 aliphatic carbocycles. The quantitative estimate of drug-likeness (QED) is 0.775. The molecule has 0 bridgehead atoms. The monoisotopic (exact) mass is 390 g/mol. The summed E-state index contributed by atoms with van der Waals surface area (Å²) in [4.78, 5) is 14.0. The van der Waals surface area contributed by atoms with E-state index in [2.05, 4.69) is 28.2 Å². The molecule has 1 saturated carbocycles. The van der Waals surface area contributed by atoms with E-state index in [0.29, 0.717) is 25.0 Å². The molecule has 1 fully saturated rings. The minimum Gasteiger partial charge on any atom is -0.460 e.